The summed E-state index contributed by atoms with van der Waals surface area (Å²) in [6.45, 7) is 8.23. The Morgan fingerprint density at radius 2 is 2.37 bits per heavy atom. The fourth-order valence-corrected chi connectivity index (χ4v) is 4.24. The second kappa shape index (κ2) is 7.77. The van der Waals surface area contributed by atoms with E-state index in [1.54, 1.807) is 0 Å². The molecule has 2 rings (SSSR count). The minimum Gasteiger partial charge on any atom is -0.313 e. The van der Waals surface area contributed by atoms with E-state index in [1.807, 2.05) is 11.3 Å². The van der Waals surface area contributed by atoms with Gasteiger partial charge < -0.3 is 5.32 Å². The summed E-state index contributed by atoms with van der Waals surface area (Å²) in [7, 11) is 0. The van der Waals surface area contributed by atoms with Gasteiger partial charge in [0.2, 0.25) is 0 Å². The second-order valence-corrected chi connectivity index (χ2v) is 7.95. The van der Waals surface area contributed by atoms with Crippen LogP contribution < -0.4 is 5.32 Å². The van der Waals surface area contributed by atoms with Crippen LogP contribution >= 0.6 is 27.3 Å². The van der Waals surface area contributed by atoms with Crippen LogP contribution in [0.5, 0.6) is 0 Å². The minimum absolute atomic E-state index is 0.533. The number of thiophene rings is 1. The van der Waals surface area contributed by atoms with Crippen molar-refractivity contribution in [3.63, 3.8) is 0 Å². The van der Waals surface area contributed by atoms with E-state index in [4.69, 9.17) is 0 Å². The summed E-state index contributed by atoms with van der Waals surface area (Å²) in [4.78, 5) is 4.13. The van der Waals surface area contributed by atoms with Gasteiger partial charge in [-0.15, -0.1) is 11.3 Å². The Morgan fingerprint density at radius 3 is 2.95 bits per heavy atom. The van der Waals surface area contributed by atoms with Crippen molar-refractivity contribution in [1.29, 1.82) is 0 Å². The van der Waals surface area contributed by atoms with Crippen molar-refractivity contribution in [3.8, 4) is 0 Å². The van der Waals surface area contributed by atoms with Crippen molar-refractivity contribution in [1.82, 2.24) is 10.2 Å². The summed E-state index contributed by atoms with van der Waals surface area (Å²) in [5.41, 5.74) is 0. The third kappa shape index (κ3) is 4.55. The number of hydrogen-bond donors (Lipinski definition) is 1. The maximum Gasteiger partial charge on any atom is 0.0701 e. The van der Waals surface area contributed by atoms with Crippen molar-refractivity contribution in [3.05, 3.63) is 20.8 Å². The summed E-state index contributed by atoms with van der Waals surface area (Å²) in [6.07, 6.45) is 5.24. The molecule has 0 spiro atoms. The predicted molar refractivity (Wildman–Crippen MR) is 87.9 cm³/mol. The topological polar surface area (TPSA) is 15.3 Å². The molecule has 0 aliphatic carbocycles. The summed E-state index contributed by atoms with van der Waals surface area (Å²) < 4.78 is 1.24. The van der Waals surface area contributed by atoms with Gasteiger partial charge in [0.05, 0.1) is 3.79 Å². The molecule has 108 valence electrons. The molecule has 2 unspecified atom stereocenters. The van der Waals surface area contributed by atoms with Crippen LogP contribution in [0.3, 0.4) is 0 Å². The van der Waals surface area contributed by atoms with Crippen molar-refractivity contribution < 1.29 is 0 Å². The number of nitrogens with zero attached hydrogens (tertiary/aromatic N) is 1. The van der Waals surface area contributed by atoms with E-state index in [1.165, 1.54) is 54.0 Å². The highest BCUT2D eigenvalue weighted by Crippen LogP contribution is 2.31. The van der Waals surface area contributed by atoms with Gasteiger partial charge in [-0.05, 0) is 67.3 Å². The lowest BCUT2D eigenvalue weighted by atomic mass is 10.1. The summed E-state index contributed by atoms with van der Waals surface area (Å²) >= 11 is 5.45. The van der Waals surface area contributed by atoms with Crippen molar-refractivity contribution in [2.75, 3.05) is 19.6 Å². The van der Waals surface area contributed by atoms with Crippen LogP contribution in [0.15, 0.2) is 15.9 Å². The molecule has 1 aliphatic rings. The molecule has 1 saturated heterocycles. The molecular formula is C15H25BrN2S. The lowest BCUT2D eigenvalue weighted by Gasteiger charge is -2.31. The zero-order valence-corrected chi connectivity index (χ0v) is 14.4. The summed E-state index contributed by atoms with van der Waals surface area (Å²) in [5, 5.41) is 3.63. The highest BCUT2D eigenvalue weighted by molar-refractivity contribution is 9.11. The standard InChI is InChI=1S/C15H25BrN2S/c1-3-4-10-18(11-13-6-5-9-17-13)12(2)14-7-8-15(16)19-14/h7-8,12-13,17H,3-6,9-11H2,1-2H3. The average molecular weight is 345 g/mol. The van der Waals surface area contributed by atoms with E-state index >= 15 is 0 Å². The number of rotatable bonds is 7. The van der Waals surface area contributed by atoms with Gasteiger partial charge in [0.15, 0.2) is 0 Å². The number of unbranched alkanes of at least 4 members (excludes halogenated alkanes) is 1. The predicted octanol–water partition coefficient (Wildman–Crippen LogP) is 4.43. The van der Waals surface area contributed by atoms with Gasteiger partial charge in [0.1, 0.15) is 0 Å². The Hall–Kier alpha value is 0.1000. The molecule has 0 radical (unpaired) electrons. The van der Waals surface area contributed by atoms with Crippen LogP contribution in [-0.2, 0) is 0 Å². The van der Waals surface area contributed by atoms with Crippen molar-refractivity contribution >= 4 is 27.3 Å². The molecule has 1 aromatic rings. The maximum absolute atomic E-state index is 3.63. The number of hydrogen-bond acceptors (Lipinski definition) is 3. The third-order valence-electron chi connectivity index (χ3n) is 3.97. The lowest BCUT2D eigenvalue weighted by Crippen LogP contribution is -2.39. The Kier molecular flexibility index (Phi) is 6.33. The van der Waals surface area contributed by atoms with Gasteiger partial charge in [-0.25, -0.2) is 0 Å². The average Bonchev–Trinajstić information content (AvgIpc) is 3.05. The molecule has 1 N–H and O–H groups in total. The van der Waals surface area contributed by atoms with Gasteiger partial charge in [-0.2, -0.15) is 0 Å². The van der Waals surface area contributed by atoms with Crippen LogP contribution in [0, 0.1) is 0 Å². The lowest BCUT2D eigenvalue weighted by molar-refractivity contribution is 0.192. The van der Waals surface area contributed by atoms with Crippen molar-refractivity contribution in [2.24, 2.45) is 0 Å². The Morgan fingerprint density at radius 1 is 1.53 bits per heavy atom. The Labute approximate surface area is 129 Å². The van der Waals surface area contributed by atoms with Gasteiger partial charge in [0, 0.05) is 23.5 Å². The van der Waals surface area contributed by atoms with Gasteiger partial charge >= 0.3 is 0 Å². The van der Waals surface area contributed by atoms with Crippen molar-refractivity contribution in [2.45, 2.75) is 51.6 Å². The van der Waals surface area contributed by atoms with E-state index in [2.05, 4.69) is 52.1 Å². The van der Waals surface area contributed by atoms with E-state index in [-0.39, 0.29) is 0 Å². The molecule has 1 aromatic heterocycles. The maximum atomic E-state index is 3.63. The van der Waals surface area contributed by atoms with E-state index in [0.717, 1.165) is 0 Å². The van der Waals surface area contributed by atoms with E-state index in [0.29, 0.717) is 12.1 Å². The molecule has 0 amide bonds. The molecule has 1 aliphatic heterocycles. The zero-order chi connectivity index (χ0) is 13.7. The van der Waals surface area contributed by atoms with Crippen LogP contribution in [0.2, 0.25) is 0 Å². The molecule has 0 bridgehead atoms. The number of halogens is 1. The largest absolute Gasteiger partial charge is 0.313 e. The molecule has 19 heavy (non-hydrogen) atoms. The SMILES string of the molecule is CCCCN(CC1CCCN1)C(C)c1ccc(Br)s1. The molecule has 0 saturated carbocycles. The molecular weight excluding hydrogens is 320 g/mol. The van der Waals surface area contributed by atoms with Gasteiger partial charge in [0.25, 0.3) is 0 Å². The summed E-state index contributed by atoms with van der Waals surface area (Å²) in [6, 6.07) is 5.66. The first kappa shape index (κ1) is 15.5. The van der Waals surface area contributed by atoms with Gasteiger partial charge in [-0.3, -0.25) is 4.90 Å². The monoisotopic (exact) mass is 344 g/mol. The first-order valence-electron chi connectivity index (χ1n) is 7.43. The molecule has 2 atom stereocenters. The van der Waals surface area contributed by atoms with Crippen LogP contribution in [0.4, 0.5) is 0 Å². The fraction of sp³-hybridized carbons (Fsp3) is 0.733. The molecule has 1 fully saturated rings. The molecule has 2 heterocycles. The highest BCUT2D eigenvalue weighted by atomic mass is 79.9. The van der Waals surface area contributed by atoms with E-state index < -0.39 is 0 Å². The molecule has 2 nitrogen and oxygen atoms in total. The third-order valence-corrected chi connectivity index (χ3v) is 5.76. The zero-order valence-electron chi connectivity index (χ0n) is 12.0. The fourth-order valence-electron chi connectivity index (χ4n) is 2.73. The van der Waals surface area contributed by atoms with E-state index in [9.17, 15) is 0 Å². The molecule has 4 heteroatoms. The quantitative estimate of drug-likeness (QED) is 0.787. The van der Waals surface area contributed by atoms with Crippen LogP contribution in [0.25, 0.3) is 0 Å². The van der Waals surface area contributed by atoms with Gasteiger partial charge in [-0.1, -0.05) is 13.3 Å². The normalized spacial score (nSPS) is 21.2. The first-order chi connectivity index (χ1) is 9.20. The van der Waals surface area contributed by atoms with Crippen LogP contribution in [-0.4, -0.2) is 30.6 Å². The number of nitrogens with one attached hydrogen (secondary N) is 1. The molecule has 0 aromatic carbocycles. The highest BCUT2D eigenvalue weighted by Gasteiger charge is 2.22. The summed E-state index contributed by atoms with van der Waals surface area (Å²) in [5.74, 6) is 0. The second-order valence-electron chi connectivity index (χ2n) is 5.46. The Balaban J connectivity index is 1.98. The van der Waals surface area contributed by atoms with Crippen LogP contribution in [0.1, 0.15) is 50.4 Å². The smallest absolute Gasteiger partial charge is 0.0701 e. The Bertz CT molecular complexity index is 374. The minimum atomic E-state index is 0.533. The first-order valence-corrected chi connectivity index (χ1v) is 9.04.